The molecule has 1 rings (SSSR count). The molecule has 0 unspecified atom stereocenters. The number of nitrogens with one attached hydrogen (secondary N) is 2. The third-order valence-corrected chi connectivity index (χ3v) is 3.52. The lowest BCUT2D eigenvalue weighted by Crippen LogP contribution is -2.66. The number of amides is 2. The number of nitrogens with two attached hydrogens (primary N) is 3. The van der Waals surface area contributed by atoms with E-state index in [9.17, 15) is 19.8 Å². The highest BCUT2D eigenvalue weighted by Gasteiger charge is 2.45. The highest BCUT2D eigenvalue weighted by Crippen LogP contribution is 2.21. The lowest BCUT2D eigenvalue weighted by molar-refractivity contribution is -0.261. The second-order valence-electron chi connectivity index (χ2n) is 5.60. The monoisotopic (exact) mass is 349 g/mol. The summed E-state index contributed by atoms with van der Waals surface area (Å²) in [6.45, 7) is 1.85. The summed E-state index contributed by atoms with van der Waals surface area (Å²) >= 11 is 0. The lowest BCUT2D eigenvalue weighted by atomic mass is 9.96. The molecule has 10 N–H and O–H groups in total. The van der Waals surface area contributed by atoms with Crippen molar-refractivity contribution in [2.45, 2.75) is 43.6 Å². The van der Waals surface area contributed by atoms with Gasteiger partial charge in [0.15, 0.2) is 6.29 Å². The number of aliphatic hydroxyl groups is 2. The molecule has 1 aliphatic rings. The molecule has 0 aromatic carbocycles. The van der Waals surface area contributed by atoms with E-state index in [-0.39, 0.29) is 19.7 Å². The van der Waals surface area contributed by atoms with Crippen molar-refractivity contribution in [3.63, 3.8) is 0 Å². The Morgan fingerprint density at radius 2 is 2.00 bits per heavy atom. The number of hydrogen-bond donors (Lipinski definition) is 7. The maximum atomic E-state index is 11.8. The molecule has 1 fully saturated rings. The molecular weight excluding hydrogens is 322 g/mol. The van der Waals surface area contributed by atoms with Crippen molar-refractivity contribution in [2.24, 2.45) is 17.2 Å². The predicted octanol–water partition coefficient (Wildman–Crippen LogP) is -4.68. The van der Waals surface area contributed by atoms with Gasteiger partial charge in [0.05, 0.1) is 19.2 Å². The van der Waals surface area contributed by atoms with Crippen LogP contribution in [0.4, 0.5) is 0 Å². The number of primary amides is 1. The normalized spacial score (nSPS) is 31.5. The van der Waals surface area contributed by atoms with E-state index in [1.165, 1.54) is 6.92 Å². The third-order valence-electron chi connectivity index (χ3n) is 3.52. The number of aliphatic hydroxyl groups excluding tert-OH is 2. The fraction of sp³-hybridized carbons (Fsp3) is 0.846. The zero-order valence-electron chi connectivity index (χ0n) is 13.6. The van der Waals surface area contributed by atoms with Gasteiger partial charge < -0.3 is 47.5 Å². The Morgan fingerprint density at radius 1 is 1.33 bits per heavy atom. The molecule has 0 bridgehead atoms. The fourth-order valence-electron chi connectivity index (χ4n) is 2.18. The number of rotatable bonds is 9. The molecule has 0 saturated carbocycles. The van der Waals surface area contributed by atoms with Crippen LogP contribution in [0.5, 0.6) is 0 Å². The van der Waals surface area contributed by atoms with Crippen LogP contribution in [0.1, 0.15) is 6.92 Å². The van der Waals surface area contributed by atoms with Crippen LogP contribution < -0.4 is 27.8 Å². The van der Waals surface area contributed by atoms with E-state index in [1.54, 1.807) is 0 Å². The molecule has 0 aromatic rings. The first-order valence-corrected chi connectivity index (χ1v) is 7.66. The van der Waals surface area contributed by atoms with Crippen LogP contribution in [0.15, 0.2) is 0 Å². The van der Waals surface area contributed by atoms with E-state index < -0.39 is 48.5 Å². The van der Waals surface area contributed by atoms with E-state index in [0.29, 0.717) is 6.54 Å². The molecule has 11 heteroatoms. The molecule has 1 heterocycles. The summed E-state index contributed by atoms with van der Waals surface area (Å²) in [5, 5.41) is 25.4. The van der Waals surface area contributed by atoms with Gasteiger partial charge in [0.1, 0.15) is 24.4 Å². The van der Waals surface area contributed by atoms with Crippen LogP contribution in [0, 0.1) is 0 Å². The number of carbonyl (C=O) groups excluding carboxylic acids is 2. The summed E-state index contributed by atoms with van der Waals surface area (Å²) in [5.41, 5.74) is 16.0. The Balaban J connectivity index is 2.66. The average molecular weight is 349 g/mol. The average Bonchev–Trinajstić information content (AvgIpc) is 2.52. The first-order chi connectivity index (χ1) is 11.3. The Morgan fingerprint density at radius 3 is 2.54 bits per heavy atom. The van der Waals surface area contributed by atoms with Crippen molar-refractivity contribution in [1.82, 2.24) is 10.6 Å². The largest absolute Gasteiger partial charge is 0.388 e. The topological polar surface area (TPSA) is 195 Å². The van der Waals surface area contributed by atoms with Gasteiger partial charge in [-0.1, -0.05) is 0 Å². The third kappa shape index (κ3) is 5.94. The molecule has 1 aliphatic heterocycles. The SMILES string of the molecule is C[C@H](N)C(=O)N[C@H]1[C@@H](OCCNCC(N)=O)O[C@H](CN)[C@@H](O)[C@@H]1O. The van der Waals surface area contributed by atoms with E-state index >= 15 is 0 Å². The van der Waals surface area contributed by atoms with E-state index in [1.807, 2.05) is 0 Å². The summed E-state index contributed by atoms with van der Waals surface area (Å²) < 4.78 is 11.0. The van der Waals surface area contributed by atoms with Crippen molar-refractivity contribution >= 4 is 11.8 Å². The van der Waals surface area contributed by atoms with E-state index in [2.05, 4.69) is 10.6 Å². The summed E-state index contributed by atoms with van der Waals surface area (Å²) in [6, 6.07) is -1.82. The van der Waals surface area contributed by atoms with Crippen LogP contribution in [-0.2, 0) is 19.1 Å². The fourth-order valence-corrected chi connectivity index (χ4v) is 2.18. The lowest BCUT2D eigenvalue weighted by Gasteiger charge is -2.42. The molecule has 0 aliphatic carbocycles. The molecule has 140 valence electrons. The molecule has 6 atom stereocenters. The zero-order chi connectivity index (χ0) is 18.3. The highest BCUT2D eigenvalue weighted by molar-refractivity contribution is 5.81. The molecule has 2 amide bonds. The minimum atomic E-state index is -1.33. The maximum absolute atomic E-state index is 11.8. The molecular formula is C13H27N5O6. The first kappa shape index (κ1) is 20.7. The van der Waals surface area contributed by atoms with Gasteiger partial charge in [-0.2, -0.15) is 0 Å². The summed E-state index contributed by atoms with van der Waals surface area (Å²) in [4.78, 5) is 22.4. The van der Waals surface area contributed by atoms with Crippen LogP contribution in [0.3, 0.4) is 0 Å². The van der Waals surface area contributed by atoms with Crippen molar-refractivity contribution in [1.29, 1.82) is 0 Å². The van der Waals surface area contributed by atoms with Gasteiger partial charge in [-0.25, -0.2) is 0 Å². The van der Waals surface area contributed by atoms with Crippen LogP contribution in [0.2, 0.25) is 0 Å². The second-order valence-corrected chi connectivity index (χ2v) is 5.60. The van der Waals surface area contributed by atoms with Crippen LogP contribution in [-0.4, -0.2) is 85.0 Å². The zero-order valence-corrected chi connectivity index (χ0v) is 13.6. The number of ether oxygens (including phenoxy) is 2. The van der Waals surface area contributed by atoms with Gasteiger partial charge in [0.25, 0.3) is 0 Å². The van der Waals surface area contributed by atoms with Gasteiger partial charge in [-0.05, 0) is 6.92 Å². The number of carbonyl (C=O) groups is 2. The highest BCUT2D eigenvalue weighted by atomic mass is 16.7. The van der Waals surface area contributed by atoms with Crippen molar-refractivity contribution < 1.29 is 29.3 Å². The Labute approximate surface area is 139 Å². The van der Waals surface area contributed by atoms with Gasteiger partial charge in [-0.3, -0.25) is 9.59 Å². The molecule has 0 spiro atoms. The second kappa shape index (κ2) is 9.84. The van der Waals surface area contributed by atoms with Crippen molar-refractivity contribution in [3.05, 3.63) is 0 Å². The Kier molecular flexibility index (Phi) is 8.48. The number of hydrogen-bond acceptors (Lipinski definition) is 9. The Bertz CT molecular complexity index is 424. The minimum Gasteiger partial charge on any atom is -0.388 e. The van der Waals surface area contributed by atoms with Gasteiger partial charge >= 0.3 is 0 Å². The minimum absolute atomic E-state index is 0.00744. The van der Waals surface area contributed by atoms with E-state index in [4.69, 9.17) is 26.7 Å². The van der Waals surface area contributed by atoms with Crippen LogP contribution in [0.25, 0.3) is 0 Å². The smallest absolute Gasteiger partial charge is 0.237 e. The van der Waals surface area contributed by atoms with Crippen LogP contribution >= 0.6 is 0 Å². The molecule has 0 radical (unpaired) electrons. The summed E-state index contributed by atoms with van der Waals surface area (Å²) in [7, 11) is 0. The standard InChI is InChI=1S/C13H27N5O6/c1-6(15)12(22)18-9-11(21)10(20)7(4-14)24-13(9)23-3-2-17-5-8(16)19/h6-7,9-11,13,17,20-21H,2-5,14-15H2,1H3,(H2,16,19)(H,18,22)/t6-,7+,9+,10+,11+,13-/m0/s1. The van der Waals surface area contributed by atoms with Gasteiger partial charge in [0, 0.05) is 13.1 Å². The van der Waals surface area contributed by atoms with Gasteiger partial charge in [-0.15, -0.1) is 0 Å². The quantitative estimate of drug-likeness (QED) is 0.200. The predicted molar refractivity (Wildman–Crippen MR) is 83.3 cm³/mol. The summed E-state index contributed by atoms with van der Waals surface area (Å²) in [6.07, 6.45) is -4.48. The molecule has 0 aromatic heterocycles. The Hall–Kier alpha value is -1.34. The van der Waals surface area contributed by atoms with Crippen molar-refractivity contribution in [3.8, 4) is 0 Å². The van der Waals surface area contributed by atoms with Crippen molar-refractivity contribution in [2.75, 3.05) is 26.2 Å². The first-order valence-electron chi connectivity index (χ1n) is 7.66. The summed E-state index contributed by atoms with van der Waals surface area (Å²) in [5.74, 6) is -1.03. The molecule has 11 nitrogen and oxygen atoms in total. The van der Waals surface area contributed by atoms with E-state index in [0.717, 1.165) is 0 Å². The molecule has 1 saturated heterocycles. The van der Waals surface area contributed by atoms with Gasteiger partial charge in [0.2, 0.25) is 11.8 Å². The molecule has 24 heavy (non-hydrogen) atoms. The maximum Gasteiger partial charge on any atom is 0.237 e.